The number of rotatable bonds is 4. The first-order chi connectivity index (χ1) is 12.8. The second kappa shape index (κ2) is 8.10. The van der Waals surface area contributed by atoms with Crippen molar-refractivity contribution in [2.75, 3.05) is 11.9 Å². The number of imide groups is 1. The molecule has 3 rings (SSSR count). The summed E-state index contributed by atoms with van der Waals surface area (Å²) < 4.78 is 0.927. The van der Waals surface area contributed by atoms with Crippen LogP contribution in [0.25, 0.3) is 6.08 Å². The Bertz CT molecular complexity index is 934. The lowest BCUT2D eigenvalue weighted by atomic mass is 10.1. The van der Waals surface area contributed by atoms with Crippen molar-refractivity contribution in [2.24, 2.45) is 0 Å². The van der Waals surface area contributed by atoms with Crippen LogP contribution < -0.4 is 5.32 Å². The van der Waals surface area contributed by atoms with Gasteiger partial charge in [0.25, 0.3) is 11.1 Å². The maximum absolute atomic E-state index is 12.5. The first kappa shape index (κ1) is 19.4. The highest BCUT2D eigenvalue weighted by Crippen LogP contribution is 2.32. The minimum absolute atomic E-state index is 0.308. The maximum Gasteiger partial charge on any atom is 0.294 e. The molecule has 0 bridgehead atoms. The maximum atomic E-state index is 12.5. The molecule has 2 aromatic rings. The Morgan fingerprint density at radius 1 is 1.11 bits per heavy atom. The fourth-order valence-corrected chi connectivity index (χ4v) is 3.78. The Hall–Kier alpha value is -2.38. The average molecular weight is 445 g/mol. The average Bonchev–Trinajstić information content (AvgIpc) is 2.88. The number of carbonyl (C=O) groups excluding carboxylic acids is 3. The lowest BCUT2D eigenvalue weighted by Gasteiger charge is -2.15. The Morgan fingerprint density at radius 2 is 1.74 bits per heavy atom. The molecule has 1 N–H and O–H groups in total. The van der Waals surface area contributed by atoms with Crippen LogP contribution in [0.1, 0.15) is 16.7 Å². The van der Waals surface area contributed by atoms with Crippen molar-refractivity contribution in [1.29, 1.82) is 0 Å². The zero-order valence-corrected chi connectivity index (χ0v) is 17.2. The molecule has 1 aliphatic heterocycles. The van der Waals surface area contributed by atoms with Crippen LogP contribution in [-0.2, 0) is 9.59 Å². The monoisotopic (exact) mass is 444 g/mol. The molecule has 0 aromatic heterocycles. The number of nitrogens with zero attached hydrogens (tertiary/aromatic N) is 1. The minimum Gasteiger partial charge on any atom is -0.324 e. The van der Waals surface area contributed by atoms with Crippen LogP contribution in [0.4, 0.5) is 10.5 Å². The number of thioether (sulfide) groups is 1. The summed E-state index contributed by atoms with van der Waals surface area (Å²) in [5.41, 5.74) is 3.36. The molecule has 0 spiro atoms. The van der Waals surface area contributed by atoms with Crippen molar-refractivity contribution < 1.29 is 14.4 Å². The number of nitrogens with one attached hydrogen (secondary N) is 1. The van der Waals surface area contributed by atoms with Gasteiger partial charge in [-0.15, -0.1) is 0 Å². The standard InChI is InChI=1S/C20H17BrN2O3S/c1-12-4-3-5-13(2)18(12)22-17(24)11-23-19(25)16(27-20(23)26)10-14-6-8-15(21)9-7-14/h3-10H,11H2,1-2H3,(H,22,24)/b16-10+. The number of amides is 3. The van der Waals surface area contributed by atoms with Gasteiger partial charge in [-0.05, 0) is 60.5 Å². The van der Waals surface area contributed by atoms with Gasteiger partial charge in [-0.3, -0.25) is 19.3 Å². The van der Waals surface area contributed by atoms with E-state index < -0.39 is 17.1 Å². The topological polar surface area (TPSA) is 66.5 Å². The molecular weight excluding hydrogens is 428 g/mol. The summed E-state index contributed by atoms with van der Waals surface area (Å²) in [4.78, 5) is 38.4. The number of hydrogen-bond acceptors (Lipinski definition) is 4. The van der Waals surface area contributed by atoms with Gasteiger partial charge in [0.05, 0.1) is 4.91 Å². The largest absolute Gasteiger partial charge is 0.324 e. The number of para-hydroxylation sites is 1. The second-order valence-electron chi connectivity index (χ2n) is 6.13. The molecule has 0 aliphatic carbocycles. The normalized spacial score (nSPS) is 15.5. The van der Waals surface area contributed by atoms with E-state index in [0.717, 1.165) is 37.8 Å². The Labute approximate surface area is 169 Å². The number of benzene rings is 2. The van der Waals surface area contributed by atoms with Crippen molar-refractivity contribution in [2.45, 2.75) is 13.8 Å². The van der Waals surface area contributed by atoms with Crippen LogP contribution in [-0.4, -0.2) is 28.5 Å². The Kier molecular flexibility index (Phi) is 5.82. The minimum atomic E-state index is -0.454. The van der Waals surface area contributed by atoms with Crippen LogP contribution in [0.3, 0.4) is 0 Å². The van der Waals surface area contributed by atoms with Gasteiger partial charge in [0, 0.05) is 10.2 Å². The van der Waals surface area contributed by atoms with Gasteiger partial charge in [0.2, 0.25) is 5.91 Å². The highest BCUT2D eigenvalue weighted by atomic mass is 79.9. The van der Waals surface area contributed by atoms with Gasteiger partial charge in [0.1, 0.15) is 6.54 Å². The second-order valence-corrected chi connectivity index (χ2v) is 8.04. The molecule has 27 heavy (non-hydrogen) atoms. The van der Waals surface area contributed by atoms with E-state index >= 15 is 0 Å². The molecule has 0 unspecified atom stereocenters. The van der Waals surface area contributed by atoms with Gasteiger partial charge in [-0.2, -0.15) is 0 Å². The van der Waals surface area contributed by atoms with E-state index in [4.69, 9.17) is 0 Å². The number of halogens is 1. The van der Waals surface area contributed by atoms with Gasteiger partial charge >= 0.3 is 0 Å². The summed E-state index contributed by atoms with van der Waals surface area (Å²) >= 11 is 4.20. The van der Waals surface area contributed by atoms with Crippen LogP contribution in [0.15, 0.2) is 51.8 Å². The van der Waals surface area contributed by atoms with Crippen LogP contribution in [0.5, 0.6) is 0 Å². The molecule has 0 saturated carbocycles. The van der Waals surface area contributed by atoms with Gasteiger partial charge in [-0.1, -0.05) is 46.3 Å². The molecule has 1 fully saturated rings. The Balaban J connectivity index is 1.72. The zero-order chi connectivity index (χ0) is 19.6. The highest BCUT2D eigenvalue weighted by Gasteiger charge is 2.36. The van der Waals surface area contributed by atoms with E-state index in [-0.39, 0.29) is 6.54 Å². The first-order valence-electron chi connectivity index (χ1n) is 8.22. The molecule has 138 valence electrons. The molecule has 2 aromatic carbocycles. The third-order valence-corrected chi connectivity index (χ3v) is 5.52. The molecule has 0 atom stereocenters. The quantitative estimate of drug-likeness (QED) is 0.691. The predicted molar refractivity (Wildman–Crippen MR) is 111 cm³/mol. The lowest BCUT2D eigenvalue weighted by molar-refractivity contribution is -0.127. The molecule has 1 aliphatic rings. The van der Waals surface area contributed by atoms with E-state index in [2.05, 4.69) is 21.2 Å². The van der Waals surface area contributed by atoms with Gasteiger partial charge in [-0.25, -0.2) is 0 Å². The number of aryl methyl sites for hydroxylation is 2. The highest BCUT2D eigenvalue weighted by molar-refractivity contribution is 9.10. The van der Waals surface area contributed by atoms with E-state index in [9.17, 15) is 14.4 Å². The summed E-state index contributed by atoms with van der Waals surface area (Å²) in [5, 5.41) is 2.35. The summed E-state index contributed by atoms with van der Waals surface area (Å²) in [5.74, 6) is -0.857. The molecule has 5 nitrogen and oxygen atoms in total. The van der Waals surface area contributed by atoms with E-state index in [1.807, 2.05) is 56.3 Å². The van der Waals surface area contributed by atoms with Crippen molar-refractivity contribution in [3.63, 3.8) is 0 Å². The van der Waals surface area contributed by atoms with Gasteiger partial charge < -0.3 is 5.32 Å². The fraction of sp³-hybridized carbons (Fsp3) is 0.150. The van der Waals surface area contributed by atoms with Crippen molar-refractivity contribution >= 4 is 56.5 Å². The van der Waals surface area contributed by atoms with Crippen LogP contribution in [0, 0.1) is 13.8 Å². The fourth-order valence-electron chi connectivity index (χ4n) is 2.68. The van der Waals surface area contributed by atoms with E-state index in [0.29, 0.717) is 10.6 Å². The molecule has 7 heteroatoms. The zero-order valence-electron chi connectivity index (χ0n) is 14.8. The molecule has 3 amide bonds. The lowest BCUT2D eigenvalue weighted by Crippen LogP contribution is -2.36. The molecular formula is C20H17BrN2O3S. The molecule has 1 saturated heterocycles. The van der Waals surface area contributed by atoms with Gasteiger partial charge in [0.15, 0.2) is 0 Å². The van der Waals surface area contributed by atoms with Crippen molar-refractivity contribution in [3.8, 4) is 0 Å². The van der Waals surface area contributed by atoms with E-state index in [1.54, 1.807) is 6.08 Å². The number of hydrogen-bond donors (Lipinski definition) is 1. The summed E-state index contributed by atoms with van der Waals surface area (Å²) in [6, 6.07) is 13.1. The number of anilines is 1. The predicted octanol–water partition coefficient (Wildman–Crippen LogP) is 4.74. The van der Waals surface area contributed by atoms with Crippen LogP contribution in [0.2, 0.25) is 0 Å². The third kappa shape index (κ3) is 4.48. The van der Waals surface area contributed by atoms with Crippen molar-refractivity contribution in [3.05, 3.63) is 68.5 Å². The summed E-state index contributed by atoms with van der Waals surface area (Å²) in [6.07, 6.45) is 1.65. The third-order valence-electron chi connectivity index (χ3n) is 4.09. The van der Waals surface area contributed by atoms with E-state index in [1.165, 1.54) is 0 Å². The summed E-state index contributed by atoms with van der Waals surface area (Å²) in [6.45, 7) is 3.48. The van der Waals surface area contributed by atoms with Crippen molar-refractivity contribution in [1.82, 2.24) is 4.90 Å². The Morgan fingerprint density at radius 3 is 2.37 bits per heavy atom. The number of carbonyl (C=O) groups is 3. The SMILES string of the molecule is Cc1cccc(C)c1NC(=O)CN1C(=O)S/C(=C/c2ccc(Br)cc2)C1=O. The smallest absolute Gasteiger partial charge is 0.294 e. The molecule has 0 radical (unpaired) electrons. The molecule has 1 heterocycles. The summed E-state index contributed by atoms with van der Waals surface area (Å²) in [7, 11) is 0. The first-order valence-corrected chi connectivity index (χ1v) is 9.83. The van der Waals surface area contributed by atoms with Crippen LogP contribution >= 0.6 is 27.7 Å².